The van der Waals surface area contributed by atoms with Crippen LogP contribution in [0.1, 0.15) is 33.7 Å². The summed E-state index contributed by atoms with van der Waals surface area (Å²) in [5, 5.41) is 2.42. The smallest absolute Gasteiger partial charge is 0.376 e. The van der Waals surface area contributed by atoms with Crippen LogP contribution in [0, 0.1) is 5.92 Å². The van der Waals surface area contributed by atoms with Gasteiger partial charge < -0.3 is 4.74 Å². The van der Waals surface area contributed by atoms with Gasteiger partial charge in [0.2, 0.25) is 0 Å². The molecule has 2 heteroatoms. The Kier molecular flexibility index (Phi) is 3.85. The Labute approximate surface area is 109 Å². The third kappa shape index (κ3) is 2.63. The molecule has 0 unspecified atom stereocenters. The average Bonchev–Trinajstić information content (AvgIpc) is 2.35. The first-order valence-corrected chi connectivity index (χ1v) is 6.65. The van der Waals surface area contributed by atoms with Crippen molar-refractivity contribution in [1.82, 2.24) is 0 Å². The van der Waals surface area contributed by atoms with E-state index in [1.54, 1.807) is 0 Å². The number of benzene rings is 1. The van der Waals surface area contributed by atoms with Gasteiger partial charge >= 0.3 is 5.88 Å². The van der Waals surface area contributed by atoms with Gasteiger partial charge in [-0.3, -0.25) is 0 Å². The minimum atomic E-state index is 0.400. The highest BCUT2D eigenvalue weighted by Gasteiger charge is 2.19. The molecule has 18 heavy (non-hydrogen) atoms. The molecule has 1 aromatic carbocycles. The standard InChI is InChI=1S/C16H22NO/c1-12(2)11-18-16-15-8-6-5-7-14(15)9-10-17(16)13(3)4/h5-10,12-13H,11H2,1-4H3/q+1. The summed E-state index contributed by atoms with van der Waals surface area (Å²) in [6.07, 6.45) is 2.11. The lowest BCUT2D eigenvalue weighted by Crippen LogP contribution is -2.38. The first-order chi connectivity index (χ1) is 8.59. The molecule has 0 amide bonds. The van der Waals surface area contributed by atoms with Crippen molar-refractivity contribution in [1.29, 1.82) is 0 Å². The number of ether oxygens (including phenoxy) is 1. The predicted molar refractivity (Wildman–Crippen MR) is 74.9 cm³/mol. The third-order valence-corrected chi connectivity index (χ3v) is 2.95. The molecular formula is C16H22NO+. The van der Waals surface area contributed by atoms with Crippen molar-refractivity contribution in [3.63, 3.8) is 0 Å². The summed E-state index contributed by atoms with van der Waals surface area (Å²) in [7, 11) is 0. The summed E-state index contributed by atoms with van der Waals surface area (Å²) in [6, 6.07) is 10.9. The molecule has 0 aliphatic carbocycles. The van der Waals surface area contributed by atoms with Gasteiger partial charge in [0, 0.05) is 6.07 Å². The maximum absolute atomic E-state index is 6.04. The van der Waals surface area contributed by atoms with Crippen molar-refractivity contribution >= 4 is 10.8 Å². The van der Waals surface area contributed by atoms with Crippen LogP contribution < -0.4 is 9.30 Å². The molecular weight excluding hydrogens is 222 g/mol. The zero-order valence-electron chi connectivity index (χ0n) is 11.7. The second-order valence-electron chi connectivity index (χ2n) is 5.41. The van der Waals surface area contributed by atoms with Gasteiger partial charge in [0.05, 0.1) is 12.0 Å². The Hall–Kier alpha value is -1.57. The fourth-order valence-corrected chi connectivity index (χ4v) is 2.01. The van der Waals surface area contributed by atoms with Crippen molar-refractivity contribution < 1.29 is 9.30 Å². The van der Waals surface area contributed by atoms with Crippen molar-refractivity contribution in [2.45, 2.75) is 33.7 Å². The Bertz CT molecular complexity index is 532. The summed E-state index contributed by atoms with van der Waals surface area (Å²) in [4.78, 5) is 0. The molecule has 0 fully saturated rings. The number of nitrogens with zero attached hydrogens (tertiary/aromatic N) is 1. The van der Waals surface area contributed by atoms with Gasteiger partial charge in [0.1, 0.15) is 0 Å². The van der Waals surface area contributed by atoms with Crippen molar-refractivity contribution in [3.05, 3.63) is 36.5 Å². The van der Waals surface area contributed by atoms with E-state index in [-0.39, 0.29) is 0 Å². The lowest BCUT2D eigenvalue weighted by molar-refractivity contribution is -0.719. The number of aromatic nitrogens is 1. The van der Waals surface area contributed by atoms with E-state index in [4.69, 9.17) is 4.74 Å². The van der Waals surface area contributed by atoms with Crippen LogP contribution in [0.2, 0.25) is 0 Å². The molecule has 0 radical (unpaired) electrons. The minimum absolute atomic E-state index is 0.400. The summed E-state index contributed by atoms with van der Waals surface area (Å²) in [5.41, 5.74) is 0. The van der Waals surface area contributed by atoms with Gasteiger partial charge in [-0.1, -0.05) is 32.0 Å². The van der Waals surface area contributed by atoms with Crippen LogP contribution in [0.5, 0.6) is 5.88 Å². The maximum Gasteiger partial charge on any atom is 0.376 e. The van der Waals surface area contributed by atoms with E-state index in [2.05, 4.69) is 68.8 Å². The zero-order valence-corrected chi connectivity index (χ0v) is 11.7. The highest BCUT2D eigenvalue weighted by molar-refractivity contribution is 5.85. The molecule has 0 spiro atoms. The molecule has 2 aromatic rings. The van der Waals surface area contributed by atoms with Crippen molar-refractivity contribution in [2.75, 3.05) is 6.61 Å². The summed E-state index contributed by atoms with van der Waals surface area (Å²) < 4.78 is 8.24. The summed E-state index contributed by atoms with van der Waals surface area (Å²) in [6.45, 7) is 9.45. The van der Waals surface area contributed by atoms with E-state index in [0.717, 1.165) is 12.5 Å². The highest BCUT2D eigenvalue weighted by Crippen LogP contribution is 2.23. The van der Waals surface area contributed by atoms with E-state index in [1.165, 1.54) is 10.8 Å². The average molecular weight is 244 g/mol. The van der Waals surface area contributed by atoms with Crippen molar-refractivity contribution in [2.24, 2.45) is 5.92 Å². The summed E-state index contributed by atoms with van der Waals surface area (Å²) >= 11 is 0. The second kappa shape index (κ2) is 5.38. The monoisotopic (exact) mass is 244 g/mol. The van der Waals surface area contributed by atoms with Gasteiger partial charge in [0.25, 0.3) is 0 Å². The van der Waals surface area contributed by atoms with Crippen LogP contribution in [0.4, 0.5) is 0 Å². The number of fused-ring (bicyclic) bond motifs is 1. The van der Waals surface area contributed by atoms with E-state index in [1.807, 2.05) is 0 Å². The molecule has 2 nitrogen and oxygen atoms in total. The quantitative estimate of drug-likeness (QED) is 0.747. The SMILES string of the molecule is CC(C)COc1c2ccccc2cc[n+]1C(C)C. The normalized spacial score (nSPS) is 11.4. The highest BCUT2D eigenvalue weighted by atomic mass is 16.5. The first kappa shape index (κ1) is 12.9. The Morgan fingerprint density at radius 3 is 2.44 bits per heavy atom. The van der Waals surface area contributed by atoms with E-state index in [0.29, 0.717) is 12.0 Å². The van der Waals surface area contributed by atoms with Gasteiger partial charge in [-0.05, 0) is 31.2 Å². The zero-order chi connectivity index (χ0) is 13.1. The second-order valence-corrected chi connectivity index (χ2v) is 5.41. The van der Waals surface area contributed by atoms with Crippen LogP contribution in [0.15, 0.2) is 36.5 Å². The number of rotatable bonds is 4. The van der Waals surface area contributed by atoms with Crippen LogP contribution >= 0.6 is 0 Å². The number of hydrogen-bond acceptors (Lipinski definition) is 1. The van der Waals surface area contributed by atoms with Crippen LogP contribution in [-0.4, -0.2) is 6.61 Å². The number of pyridine rings is 1. The molecule has 0 N–H and O–H groups in total. The van der Waals surface area contributed by atoms with Crippen LogP contribution in [0.25, 0.3) is 10.8 Å². The van der Waals surface area contributed by atoms with Gasteiger partial charge in [-0.2, -0.15) is 4.57 Å². The lowest BCUT2D eigenvalue weighted by Gasteiger charge is -2.12. The maximum atomic E-state index is 6.04. The topological polar surface area (TPSA) is 13.1 Å². The van der Waals surface area contributed by atoms with Crippen molar-refractivity contribution in [3.8, 4) is 5.88 Å². The van der Waals surface area contributed by atoms with E-state index < -0.39 is 0 Å². The minimum Gasteiger partial charge on any atom is -0.444 e. The third-order valence-electron chi connectivity index (χ3n) is 2.95. The van der Waals surface area contributed by atoms with Gasteiger partial charge in [-0.15, -0.1) is 0 Å². The fourth-order valence-electron chi connectivity index (χ4n) is 2.01. The molecule has 0 aliphatic rings. The Balaban J connectivity index is 2.52. The molecule has 0 saturated heterocycles. The van der Waals surface area contributed by atoms with Gasteiger partial charge in [-0.25, -0.2) is 0 Å². The van der Waals surface area contributed by atoms with E-state index in [9.17, 15) is 0 Å². The predicted octanol–water partition coefficient (Wildman–Crippen LogP) is 3.74. The Morgan fingerprint density at radius 2 is 1.78 bits per heavy atom. The fraction of sp³-hybridized carbons (Fsp3) is 0.438. The van der Waals surface area contributed by atoms with Crippen LogP contribution in [-0.2, 0) is 0 Å². The molecule has 0 bridgehead atoms. The molecule has 0 saturated carbocycles. The number of hydrogen-bond donors (Lipinski definition) is 0. The molecule has 2 rings (SSSR count). The Morgan fingerprint density at radius 1 is 1.06 bits per heavy atom. The van der Waals surface area contributed by atoms with Crippen LogP contribution in [0.3, 0.4) is 0 Å². The molecule has 1 aromatic heterocycles. The first-order valence-electron chi connectivity index (χ1n) is 6.65. The lowest BCUT2D eigenvalue weighted by atomic mass is 10.1. The molecule has 96 valence electrons. The van der Waals surface area contributed by atoms with Gasteiger partial charge in [0.15, 0.2) is 12.2 Å². The van der Waals surface area contributed by atoms with E-state index >= 15 is 0 Å². The largest absolute Gasteiger partial charge is 0.444 e. The summed E-state index contributed by atoms with van der Waals surface area (Å²) in [5.74, 6) is 1.52. The molecule has 1 heterocycles. The molecule has 0 atom stereocenters. The molecule has 0 aliphatic heterocycles.